The fraction of sp³-hybridized carbons (Fsp3) is 0.857. The number of carboxylic acids is 1. The molecule has 0 fully saturated rings. The van der Waals surface area contributed by atoms with Crippen LogP contribution in [-0.2, 0) is 23.9 Å². The van der Waals surface area contributed by atoms with Crippen LogP contribution in [0, 0.1) is 0 Å². The third-order valence-electron chi connectivity index (χ3n) is 9.51. The summed E-state index contributed by atoms with van der Waals surface area (Å²) >= 11 is 0. The lowest BCUT2D eigenvalue weighted by Crippen LogP contribution is -2.47. The number of rotatable bonds is 38. The number of allylic oxidation sites excluding steroid dienone is 2. The van der Waals surface area contributed by atoms with E-state index in [0.29, 0.717) is 12.8 Å². The van der Waals surface area contributed by atoms with Crippen LogP contribution in [-0.4, -0.2) is 59.3 Å². The summed E-state index contributed by atoms with van der Waals surface area (Å²) in [6.45, 7) is 3.45. The van der Waals surface area contributed by atoms with Crippen LogP contribution >= 0.6 is 0 Å². The summed E-state index contributed by atoms with van der Waals surface area (Å²) in [6, 6.07) is -1.38. The lowest BCUT2D eigenvalue weighted by molar-refractivity contribution is -0.150. The van der Waals surface area contributed by atoms with Gasteiger partial charge in [0.2, 0.25) is 11.8 Å². The first kappa shape index (κ1) is 48.6. The Labute approximate surface area is 311 Å². The minimum atomic E-state index is -1.38. The second-order valence-electron chi connectivity index (χ2n) is 14.4. The van der Waals surface area contributed by atoms with Gasteiger partial charge >= 0.3 is 11.9 Å². The first-order chi connectivity index (χ1) is 24.8. The lowest BCUT2D eigenvalue weighted by Gasteiger charge is -2.18. The largest absolute Gasteiger partial charge is 0.480 e. The molecule has 0 aromatic carbocycles. The van der Waals surface area contributed by atoms with Crippen LogP contribution < -0.4 is 10.6 Å². The topological polar surface area (TPSA) is 142 Å². The second-order valence-corrected chi connectivity index (χ2v) is 14.4. The molecule has 298 valence electrons. The molecule has 0 spiro atoms. The normalized spacial score (nSPS) is 12.5. The average molecular weight is 723 g/mol. The molecule has 2 amide bonds. The molecule has 0 rings (SSSR count). The van der Waals surface area contributed by atoms with Crippen molar-refractivity contribution in [1.82, 2.24) is 10.6 Å². The molecule has 4 N–H and O–H groups in total. The standard InChI is InChI=1S/C42H78N2O7/c1-3-5-7-9-11-12-13-14-15-16-17-18-19-20-21-22-24-30-34-41(48)51-37(31-27-23-10-8-6-4-2)32-28-25-26-29-33-39(46)43-35-40(47)44-38(36-45)42(49)50/h15-16,37-38,45H,3-14,17-36H2,1-2H3,(H,43,46)(H,44,47)(H,49,50)/b16-15-. The van der Waals surface area contributed by atoms with Crippen molar-refractivity contribution in [2.75, 3.05) is 13.2 Å². The van der Waals surface area contributed by atoms with Crippen LogP contribution in [0.3, 0.4) is 0 Å². The number of carbonyl (C=O) groups excluding carboxylic acids is 3. The van der Waals surface area contributed by atoms with Gasteiger partial charge in [0.05, 0.1) is 13.2 Å². The van der Waals surface area contributed by atoms with Crippen molar-refractivity contribution in [3.63, 3.8) is 0 Å². The molecule has 0 radical (unpaired) electrons. The van der Waals surface area contributed by atoms with E-state index < -0.39 is 24.5 Å². The first-order valence-electron chi connectivity index (χ1n) is 21.1. The van der Waals surface area contributed by atoms with Gasteiger partial charge in [0, 0.05) is 12.8 Å². The molecule has 2 atom stereocenters. The molecule has 51 heavy (non-hydrogen) atoms. The number of ether oxygens (including phenoxy) is 1. The van der Waals surface area contributed by atoms with E-state index >= 15 is 0 Å². The van der Waals surface area contributed by atoms with Crippen LogP contribution in [0.2, 0.25) is 0 Å². The molecule has 0 aliphatic heterocycles. The highest BCUT2D eigenvalue weighted by Crippen LogP contribution is 2.18. The van der Waals surface area contributed by atoms with Gasteiger partial charge < -0.3 is 25.6 Å². The number of aliphatic hydroxyl groups excluding tert-OH is 1. The van der Waals surface area contributed by atoms with E-state index in [2.05, 4.69) is 36.6 Å². The molecule has 9 nitrogen and oxygen atoms in total. The molecule has 0 aromatic rings. The SMILES string of the molecule is CCCCCCCCC/C=C\CCCCCCCCCC(=O)OC(CCCCCCCC)CCCCCCC(=O)NCC(=O)NC(CO)C(=O)O. The fourth-order valence-corrected chi connectivity index (χ4v) is 6.24. The van der Waals surface area contributed by atoms with Gasteiger partial charge in [-0.15, -0.1) is 0 Å². The van der Waals surface area contributed by atoms with E-state index in [9.17, 15) is 19.2 Å². The van der Waals surface area contributed by atoms with Crippen LogP contribution in [0.4, 0.5) is 0 Å². The summed E-state index contributed by atoms with van der Waals surface area (Å²) in [5.74, 6) is -2.33. The number of unbranched alkanes of at least 4 members (excludes halogenated alkanes) is 22. The maximum absolute atomic E-state index is 12.7. The second kappa shape index (κ2) is 37.3. The summed E-state index contributed by atoms with van der Waals surface area (Å²) in [5, 5.41) is 22.5. The summed E-state index contributed by atoms with van der Waals surface area (Å²) in [6.07, 6.45) is 38.2. The van der Waals surface area contributed by atoms with Crippen molar-refractivity contribution in [3.8, 4) is 0 Å². The molecule has 0 bridgehead atoms. The van der Waals surface area contributed by atoms with Crippen molar-refractivity contribution >= 4 is 23.8 Å². The highest BCUT2D eigenvalue weighted by atomic mass is 16.5. The molecule has 0 saturated heterocycles. The van der Waals surface area contributed by atoms with E-state index in [1.54, 1.807) is 0 Å². The summed E-state index contributed by atoms with van der Waals surface area (Å²) in [5.41, 5.74) is 0. The van der Waals surface area contributed by atoms with Gasteiger partial charge in [0.15, 0.2) is 0 Å². The predicted octanol–water partition coefficient (Wildman–Crippen LogP) is 9.88. The number of nitrogens with one attached hydrogen (secondary N) is 2. The summed E-state index contributed by atoms with van der Waals surface area (Å²) in [7, 11) is 0. The van der Waals surface area contributed by atoms with Crippen LogP contribution in [0.5, 0.6) is 0 Å². The Bertz CT molecular complexity index is 879. The monoisotopic (exact) mass is 723 g/mol. The first-order valence-corrected chi connectivity index (χ1v) is 21.1. The van der Waals surface area contributed by atoms with Crippen LogP contribution in [0.1, 0.15) is 206 Å². The molecule has 9 heteroatoms. The van der Waals surface area contributed by atoms with E-state index in [1.807, 2.05) is 0 Å². The third kappa shape index (κ3) is 34.4. The zero-order chi connectivity index (χ0) is 37.6. The molecule has 0 aliphatic carbocycles. The van der Waals surface area contributed by atoms with Crippen molar-refractivity contribution in [2.45, 2.75) is 219 Å². The molecular weight excluding hydrogens is 644 g/mol. The zero-order valence-electron chi connectivity index (χ0n) is 32.9. The number of aliphatic hydroxyl groups is 1. The van der Waals surface area contributed by atoms with Crippen molar-refractivity contribution in [2.24, 2.45) is 0 Å². The van der Waals surface area contributed by atoms with E-state index in [0.717, 1.165) is 51.4 Å². The Balaban J connectivity index is 4.08. The van der Waals surface area contributed by atoms with Gasteiger partial charge in [0.1, 0.15) is 12.1 Å². The van der Waals surface area contributed by atoms with E-state index in [1.165, 1.54) is 122 Å². The highest BCUT2D eigenvalue weighted by Gasteiger charge is 2.19. The number of carboxylic acid groups (broad SMARTS) is 1. The fourth-order valence-electron chi connectivity index (χ4n) is 6.24. The Morgan fingerprint density at radius 2 is 1.00 bits per heavy atom. The number of carbonyl (C=O) groups is 4. The summed E-state index contributed by atoms with van der Waals surface area (Å²) < 4.78 is 5.96. The number of esters is 1. The smallest absolute Gasteiger partial charge is 0.328 e. The zero-order valence-corrected chi connectivity index (χ0v) is 32.9. The third-order valence-corrected chi connectivity index (χ3v) is 9.51. The van der Waals surface area contributed by atoms with E-state index in [4.69, 9.17) is 14.9 Å². The van der Waals surface area contributed by atoms with Crippen LogP contribution in [0.25, 0.3) is 0 Å². The molecular formula is C42H78N2O7. The lowest BCUT2D eigenvalue weighted by atomic mass is 10.0. The Kier molecular flexibility index (Phi) is 35.6. The van der Waals surface area contributed by atoms with Gasteiger partial charge in [0.25, 0.3) is 0 Å². The van der Waals surface area contributed by atoms with Gasteiger partial charge in [-0.25, -0.2) is 4.79 Å². The van der Waals surface area contributed by atoms with E-state index in [-0.39, 0.29) is 30.9 Å². The minimum Gasteiger partial charge on any atom is -0.480 e. The van der Waals surface area contributed by atoms with Gasteiger partial charge in [-0.2, -0.15) is 0 Å². The summed E-state index contributed by atoms with van der Waals surface area (Å²) in [4.78, 5) is 47.4. The highest BCUT2D eigenvalue weighted by molar-refractivity contribution is 5.87. The number of aliphatic carboxylic acids is 1. The number of hydrogen-bond donors (Lipinski definition) is 4. The Morgan fingerprint density at radius 1 is 0.569 bits per heavy atom. The Morgan fingerprint density at radius 3 is 1.47 bits per heavy atom. The van der Waals surface area contributed by atoms with Gasteiger partial charge in [-0.05, 0) is 64.2 Å². The number of hydrogen-bond acceptors (Lipinski definition) is 6. The maximum Gasteiger partial charge on any atom is 0.328 e. The minimum absolute atomic E-state index is 0.0383. The van der Waals surface area contributed by atoms with Crippen LogP contribution in [0.15, 0.2) is 12.2 Å². The molecule has 0 aromatic heterocycles. The maximum atomic E-state index is 12.7. The predicted molar refractivity (Wildman–Crippen MR) is 209 cm³/mol. The average Bonchev–Trinajstić information content (AvgIpc) is 3.11. The number of amides is 2. The van der Waals surface area contributed by atoms with Gasteiger partial charge in [-0.3, -0.25) is 14.4 Å². The molecule has 0 aliphatic rings. The van der Waals surface area contributed by atoms with Gasteiger partial charge in [-0.1, -0.05) is 142 Å². The molecule has 2 unspecified atom stereocenters. The molecule has 0 saturated carbocycles. The van der Waals surface area contributed by atoms with Crippen molar-refractivity contribution in [1.29, 1.82) is 0 Å². The van der Waals surface area contributed by atoms with Crippen molar-refractivity contribution in [3.05, 3.63) is 12.2 Å². The quantitative estimate of drug-likeness (QED) is 0.0282. The Hall–Kier alpha value is -2.42. The van der Waals surface area contributed by atoms with Crippen molar-refractivity contribution < 1.29 is 34.1 Å². The molecule has 0 heterocycles.